The molecule has 5 nitrogen and oxygen atoms in total. The van der Waals surface area contributed by atoms with Gasteiger partial charge < -0.3 is 16.4 Å². The Morgan fingerprint density at radius 2 is 1.91 bits per heavy atom. The highest BCUT2D eigenvalue weighted by Crippen LogP contribution is 2.26. The van der Waals surface area contributed by atoms with Crippen LogP contribution in [0.2, 0.25) is 0 Å². The second-order valence-electron chi connectivity index (χ2n) is 6.07. The van der Waals surface area contributed by atoms with Crippen molar-refractivity contribution in [1.29, 1.82) is 0 Å². The van der Waals surface area contributed by atoms with E-state index >= 15 is 0 Å². The van der Waals surface area contributed by atoms with Gasteiger partial charge in [-0.25, -0.2) is 9.97 Å². The summed E-state index contributed by atoms with van der Waals surface area (Å²) in [6, 6.07) is 4.70. The van der Waals surface area contributed by atoms with Gasteiger partial charge in [-0.3, -0.25) is 0 Å². The van der Waals surface area contributed by atoms with Gasteiger partial charge in [-0.05, 0) is 30.7 Å². The van der Waals surface area contributed by atoms with E-state index in [1.165, 1.54) is 43.4 Å². The second kappa shape index (κ2) is 8.15. The molecular weight excluding hydrogens is 306 g/mol. The van der Waals surface area contributed by atoms with Crippen LogP contribution >= 0.6 is 11.3 Å². The summed E-state index contributed by atoms with van der Waals surface area (Å²) in [6.45, 7) is 0.824. The van der Waals surface area contributed by atoms with Crippen LogP contribution in [0.1, 0.15) is 43.4 Å². The van der Waals surface area contributed by atoms with Gasteiger partial charge in [0.15, 0.2) is 11.6 Å². The molecule has 0 amide bonds. The van der Waals surface area contributed by atoms with Gasteiger partial charge in [-0.1, -0.05) is 31.7 Å². The average Bonchev–Trinajstić information content (AvgIpc) is 2.94. The summed E-state index contributed by atoms with van der Waals surface area (Å²) in [4.78, 5) is 9.98. The fourth-order valence-electron chi connectivity index (χ4n) is 3.03. The molecule has 1 aliphatic carbocycles. The van der Waals surface area contributed by atoms with Crippen LogP contribution in [0.5, 0.6) is 0 Å². The Hall–Kier alpha value is -1.82. The zero-order valence-corrected chi connectivity index (χ0v) is 14.2. The number of nitrogens with one attached hydrogen (secondary N) is 2. The average molecular weight is 331 g/mol. The fourth-order valence-corrected chi connectivity index (χ4v) is 3.74. The molecule has 6 heteroatoms. The molecular formula is C17H25N5S. The molecule has 2 aromatic rings. The zero-order chi connectivity index (χ0) is 15.9. The monoisotopic (exact) mass is 331 g/mol. The van der Waals surface area contributed by atoms with Gasteiger partial charge in [-0.15, -0.1) is 11.3 Å². The molecule has 1 aliphatic rings. The van der Waals surface area contributed by atoms with Gasteiger partial charge in [0, 0.05) is 17.5 Å². The van der Waals surface area contributed by atoms with Gasteiger partial charge in [0.05, 0.1) is 0 Å². The lowest BCUT2D eigenvalue weighted by atomic mass is 10.1. The van der Waals surface area contributed by atoms with Crippen molar-refractivity contribution in [2.75, 3.05) is 22.9 Å². The largest absolute Gasteiger partial charge is 0.393 e. The molecule has 0 aliphatic heterocycles. The van der Waals surface area contributed by atoms with Gasteiger partial charge in [0.25, 0.3) is 0 Å². The summed E-state index contributed by atoms with van der Waals surface area (Å²) >= 11 is 1.77. The van der Waals surface area contributed by atoms with Crippen LogP contribution in [0, 0.1) is 0 Å². The lowest BCUT2D eigenvalue weighted by Gasteiger charge is -2.19. The van der Waals surface area contributed by atoms with Crippen molar-refractivity contribution in [3.63, 3.8) is 0 Å². The summed E-state index contributed by atoms with van der Waals surface area (Å²) in [5, 5.41) is 8.95. The Morgan fingerprint density at radius 3 is 2.65 bits per heavy atom. The highest BCUT2D eigenvalue weighted by atomic mass is 32.1. The summed E-state index contributed by atoms with van der Waals surface area (Å²) in [5.74, 6) is 1.50. The fraction of sp³-hybridized carbons (Fsp3) is 0.529. The third-order valence-corrected chi connectivity index (χ3v) is 5.26. The minimum Gasteiger partial charge on any atom is -0.393 e. The lowest BCUT2D eigenvalue weighted by Crippen LogP contribution is -2.21. The Morgan fingerprint density at radius 1 is 1.13 bits per heavy atom. The predicted molar refractivity (Wildman–Crippen MR) is 98.1 cm³/mol. The molecule has 3 rings (SSSR count). The molecule has 1 fully saturated rings. The Labute approximate surface area is 141 Å². The van der Waals surface area contributed by atoms with Crippen LogP contribution < -0.4 is 16.4 Å². The maximum atomic E-state index is 6.25. The maximum Gasteiger partial charge on any atom is 0.155 e. The first kappa shape index (κ1) is 16.1. The van der Waals surface area contributed by atoms with E-state index in [1.54, 1.807) is 17.7 Å². The van der Waals surface area contributed by atoms with Crippen molar-refractivity contribution in [2.45, 2.75) is 51.0 Å². The number of aromatic nitrogens is 2. The molecule has 2 heterocycles. The molecule has 23 heavy (non-hydrogen) atoms. The second-order valence-corrected chi connectivity index (χ2v) is 7.11. The van der Waals surface area contributed by atoms with Crippen molar-refractivity contribution in [1.82, 2.24) is 9.97 Å². The minimum absolute atomic E-state index is 0.480. The van der Waals surface area contributed by atoms with Crippen LogP contribution in [-0.4, -0.2) is 22.6 Å². The normalized spacial score (nSPS) is 16.0. The Balaban J connectivity index is 1.58. The molecule has 1 saturated carbocycles. The number of hydrogen-bond donors (Lipinski definition) is 3. The number of rotatable bonds is 6. The van der Waals surface area contributed by atoms with Gasteiger partial charge in [0.1, 0.15) is 12.0 Å². The first-order valence-corrected chi connectivity index (χ1v) is 9.34. The first-order chi connectivity index (χ1) is 11.3. The molecule has 124 valence electrons. The highest BCUT2D eigenvalue weighted by molar-refractivity contribution is 7.09. The van der Waals surface area contributed by atoms with E-state index in [4.69, 9.17) is 5.73 Å². The Kier molecular flexibility index (Phi) is 5.69. The molecule has 0 saturated heterocycles. The van der Waals surface area contributed by atoms with Crippen molar-refractivity contribution < 1.29 is 0 Å². The van der Waals surface area contributed by atoms with Gasteiger partial charge in [-0.2, -0.15) is 0 Å². The van der Waals surface area contributed by atoms with Crippen LogP contribution in [-0.2, 0) is 6.42 Å². The van der Waals surface area contributed by atoms with Crippen molar-refractivity contribution in [3.8, 4) is 0 Å². The molecule has 0 bridgehead atoms. The van der Waals surface area contributed by atoms with Crippen molar-refractivity contribution in [2.24, 2.45) is 0 Å². The molecule has 0 atom stereocenters. The van der Waals surface area contributed by atoms with Crippen LogP contribution in [0.4, 0.5) is 17.3 Å². The number of nitrogens with two attached hydrogens (primary N) is 1. The smallest absolute Gasteiger partial charge is 0.155 e. The van der Waals surface area contributed by atoms with Crippen LogP contribution in [0.15, 0.2) is 23.8 Å². The Bertz CT molecular complexity index is 591. The first-order valence-electron chi connectivity index (χ1n) is 8.46. The quantitative estimate of drug-likeness (QED) is 0.700. The molecule has 0 radical (unpaired) electrons. The summed E-state index contributed by atoms with van der Waals surface area (Å²) in [7, 11) is 0. The lowest BCUT2D eigenvalue weighted by molar-refractivity contribution is 0.618. The van der Waals surface area contributed by atoms with Crippen LogP contribution in [0.3, 0.4) is 0 Å². The molecule has 0 aromatic carbocycles. The SMILES string of the molecule is Nc1c(NCCc2cccs2)ncnc1NC1CCCCCC1. The summed E-state index contributed by atoms with van der Waals surface area (Å²) in [6.07, 6.45) is 10.2. The number of hydrogen-bond acceptors (Lipinski definition) is 6. The minimum atomic E-state index is 0.480. The van der Waals surface area contributed by atoms with Gasteiger partial charge in [0.2, 0.25) is 0 Å². The molecule has 2 aromatic heterocycles. The summed E-state index contributed by atoms with van der Waals surface area (Å²) < 4.78 is 0. The van der Waals surface area contributed by atoms with E-state index in [9.17, 15) is 0 Å². The predicted octanol–water partition coefficient (Wildman–Crippen LogP) is 3.91. The third kappa shape index (κ3) is 4.58. The van der Waals surface area contributed by atoms with E-state index in [0.717, 1.165) is 24.6 Å². The molecule has 4 N–H and O–H groups in total. The summed E-state index contributed by atoms with van der Waals surface area (Å²) in [5.41, 5.74) is 6.88. The van der Waals surface area contributed by atoms with E-state index in [1.807, 2.05) is 0 Å². The standard InChI is InChI=1S/C17H25N5S/c18-15-16(19-10-9-14-8-5-11-23-14)20-12-21-17(15)22-13-6-3-1-2-4-7-13/h5,8,11-13H,1-4,6-7,9-10,18H2,(H2,19,20,21,22). The zero-order valence-electron chi connectivity index (χ0n) is 13.4. The molecule has 0 spiro atoms. The highest BCUT2D eigenvalue weighted by Gasteiger charge is 2.15. The topological polar surface area (TPSA) is 75.9 Å². The number of nitrogens with zero attached hydrogens (tertiary/aromatic N) is 2. The van der Waals surface area contributed by atoms with E-state index < -0.39 is 0 Å². The van der Waals surface area contributed by atoms with Crippen LogP contribution in [0.25, 0.3) is 0 Å². The van der Waals surface area contributed by atoms with E-state index in [2.05, 4.69) is 38.1 Å². The third-order valence-electron chi connectivity index (χ3n) is 4.32. The number of anilines is 3. The molecule has 0 unspecified atom stereocenters. The number of thiophene rings is 1. The van der Waals surface area contributed by atoms with Gasteiger partial charge >= 0.3 is 0 Å². The maximum absolute atomic E-state index is 6.25. The van der Waals surface area contributed by atoms with E-state index in [-0.39, 0.29) is 0 Å². The van der Waals surface area contributed by atoms with Crippen molar-refractivity contribution in [3.05, 3.63) is 28.7 Å². The number of nitrogen functional groups attached to an aromatic ring is 1. The van der Waals surface area contributed by atoms with Crippen molar-refractivity contribution >= 4 is 28.7 Å². The van der Waals surface area contributed by atoms with E-state index in [0.29, 0.717) is 11.7 Å².